The maximum atomic E-state index is 12.9. The van der Waals surface area contributed by atoms with Gasteiger partial charge in [-0.25, -0.2) is 4.39 Å². The SMILES string of the molecule is N#Cc1ccccc1NC(=O)[C@H]1CC(F)CN1. The average Bonchev–Trinajstić information content (AvgIpc) is 2.77. The van der Waals surface area contributed by atoms with Crippen molar-refractivity contribution in [3.05, 3.63) is 29.8 Å². The minimum atomic E-state index is -0.975. The van der Waals surface area contributed by atoms with E-state index in [1.807, 2.05) is 6.07 Å². The molecule has 2 atom stereocenters. The molecule has 1 saturated heterocycles. The minimum absolute atomic E-state index is 0.181. The molecule has 88 valence electrons. The molecule has 0 bridgehead atoms. The lowest BCUT2D eigenvalue weighted by Gasteiger charge is -2.11. The first-order chi connectivity index (χ1) is 8.20. The first kappa shape index (κ1) is 11.6. The number of benzene rings is 1. The minimum Gasteiger partial charge on any atom is -0.324 e. The first-order valence-corrected chi connectivity index (χ1v) is 5.38. The van der Waals surface area contributed by atoms with Crippen molar-refractivity contribution in [1.82, 2.24) is 5.32 Å². The number of nitrogens with zero attached hydrogens (tertiary/aromatic N) is 1. The topological polar surface area (TPSA) is 64.9 Å². The van der Waals surface area contributed by atoms with Crippen molar-refractivity contribution in [2.24, 2.45) is 0 Å². The third-order valence-electron chi connectivity index (χ3n) is 2.70. The molecule has 5 heteroatoms. The van der Waals surface area contributed by atoms with E-state index in [1.54, 1.807) is 24.3 Å². The summed E-state index contributed by atoms with van der Waals surface area (Å²) in [6.45, 7) is 0.206. The predicted molar refractivity (Wildman–Crippen MR) is 61.1 cm³/mol. The Morgan fingerprint density at radius 1 is 1.53 bits per heavy atom. The molecule has 0 radical (unpaired) electrons. The molecule has 1 aliphatic heterocycles. The van der Waals surface area contributed by atoms with Gasteiger partial charge < -0.3 is 10.6 Å². The molecule has 0 aromatic heterocycles. The summed E-state index contributed by atoms with van der Waals surface area (Å²) < 4.78 is 12.9. The van der Waals surface area contributed by atoms with E-state index in [9.17, 15) is 9.18 Å². The van der Waals surface area contributed by atoms with Crippen molar-refractivity contribution in [2.75, 3.05) is 11.9 Å². The molecule has 2 rings (SSSR count). The molecule has 0 saturated carbocycles. The molecule has 1 aromatic carbocycles. The summed E-state index contributed by atoms with van der Waals surface area (Å²) in [5.74, 6) is -0.298. The highest BCUT2D eigenvalue weighted by atomic mass is 19.1. The van der Waals surface area contributed by atoms with E-state index in [0.717, 1.165) is 0 Å². The van der Waals surface area contributed by atoms with Crippen molar-refractivity contribution < 1.29 is 9.18 Å². The summed E-state index contributed by atoms with van der Waals surface area (Å²) in [6.07, 6.45) is -0.794. The van der Waals surface area contributed by atoms with Crippen molar-refractivity contribution in [2.45, 2.75) is 18.6 Å². The van der Waals surface area contributed by atoms with Crippen molar-refractivity contribution in [1.29, 1.82) is 5.26 Å². The number of anilines is 1. The van der Waals surface area contributed by atoms with E-state index in [1.165, 1.54) is 0 Å². The van der Waals surface area contributed by atoms with Crippen LogP contribution in [0.1, 0.15) is 12.0 Å². The van der Waals surface area contributed by atoms with Gasteiger partial charge in [-0.15, -0.1) is 0 Å². The third-order valence-corrected chi connectivity index (χ3v) is 2.70. The fraction of sp³-hybridized carbons (Fsp3) is 0.333. The zero-order valence-electron chi connectivity index (χ0n) is 9.11. The van der Waals surface area contributed by atoms with Crippen molar-refractivity contribution >= 4 is 11.6 Å². The quantitative estimate of drug-likeness (QED) is 0.806. The lowest BCUT2D eigenvalue weighted by Crippen LogP contribution is -2.35. The zero-order valence-corrected chi connectivity index (χ0v) is 9.11. The zero-order chi connectivity index (χ0) is 12.3. The Morgan fingerprint density at radius 2 is 2.29 bits per heavy atom. The molecule has 1 aromatic rings. The maximum Gasteiger partial charge on any atom is 0.241 e. The summed E-state index contributed by atoms with van der Waals surface area (Å²) in [7, 11) is 0. The molecule has 1 fully saturated rings. The predicted octanol–water partition coefficient (Wildman–Crippen LogP) is 1.20. The Labute approximate surface area is 98.4 Å². The number of amides is 1. The molecule has 1 amide bonds. The van der Waals surface area contributed by atoms with Gasteiger partial charge in [0.05, 0.1) is 17.3 Å². The van der Waals surface area contributed by atoms with Crippen LogP contribution in [0.3, 0.4) is 0 Å². The van der Waals surface area contributed by atoms with Gasteiger partial charge in [0, 0.05) is 13.0 Å². The van der Waals surface area contributed by atoms with Crippen LogP contribution in [0.25, 0.3) is 0 Å². The van der Waals surface area contributed by atoms with Gasteiger partial charge in [-0.05, 0) is 12.1 Å². The third kappa shape index (κ3) is 2.60. The van der Waals surface area contributed by atoms with Crippen LogP contribution in [0.4, 0.5) is 10.1 Å². The van der Waals surface area contributed by atoms with Gasteiger partial charge in [0.2, 0.25) is 5.91 Å². The Morgan fingerprint density at radius 3 is 2.94 bits per heavy atom. The first-order valence-electron chi connectivity index (χ1n) is 5.38. The highest BCUT2D eigenvalue weighted by Gasteiger charge is 2.29. The number of carbonyl (C=O) groups excluding carboxylic acids is 1. The Bertz CT molecular complexity index is 469. The van der Waals surface area contributed by atoms with Crippen LogP contribution in [0.2, 0.25) is 0 Å². The second kappa shape index (κ2) is 4.93. The van der Waals surface area contributed by atoms with E-state index in [-0.39, 0.29) is 18.9 Å². The Hall–Kier alpha value is -1.93. The second-order valence-corrected chi connectivity index (χ2v) is 3.94. The standard InChI is InChI=1S/C12H12FN3O/c13-9-5-11(15-7-9)12(17)16-10-4-2-1-3-8(10)6-14/h1-4,9,11,15H,5,7H2,(H,16,17)/t9?,11-/m1/s1. The molecule has 1 heterocycles. The number of rotatable bonds is 2. The van der Waals surface area contributed by atoms with Crippen LogP contribution in [0.5, 0.6) is 0 Å². The van der Waals surface area contributed by atoms with Crippen LogP contribution >= 0.6 is 0 Å². The lowest BCUT2D eigenvalue weighted by molar-refractivity contribution is -0.117. The summed E-state index contributed by atoms with van der Waals surface area (Å²) in [5, 5.41) is 14.3. The largest absolute Gasteiger partial charge is 0.324 e. The van der Waals surface area contributed by atoms with E-state index < -0.39 is 12.2 Å². The Balaban J connectivity index is 2.06. The van der Waals surface area contributed by atoms with Crippen molar-refractivity contribution in [3.8, 4) is 6.07 Å². The van der Waals surface area contributed by atoms with Crippen LogP contribution < -0.4 is 10.6 Å². The monoisotopic (exact) mass is 233 g/mol. The van der Waals surface area contributed by atoms with Gasteiger partial charge in [-0.3, -0.25) is 4.79 Å². The second-order valence-electron chi connectivity index (χ2n) is 3.94. The highest BCUT2D eigenvalue weighted by molar-refractivity contribution is 5.96. The fourth-order valence-corrected chi connectivity index (χ4v) is 1.80. The van der Waals surface area contributed by atoms with Gasteiger partial charge >= 0.3 is 0 Å². The van der Waals surface area contributed by atoms with E-state index >= 15 is 0 Å². The number of nitriles is 1. The van der Waals surface area contributed by atoms with Crippen LogP contribution in [0.15, 0.2) is 24.3 Å². The smallest absolute Gasteiger partial charge is 0.241 e. The molecule has 4 nitrogen and oxygen atoms in total. The maximum absolute atomic E-state index is 12.9. The number of para-hydroxylation sites is 1. The summed E-state index contributed by atoms with van der Waals surface area (Å²) in [4.78, 5) is 11.8. The number of nitrogens with one attached hydrogen (secondary N) is 2. The molecular weight excluding hydrogens is 221 g/mol. The van der Waals surface area contributed by atoms with E-state index in [0.29, 0.717) is 11.3 Å². The lowest BCUT2D eigenvalue weighted by atomic mass is 10.1. The molecule has 0 aliphatic carbocycles. The van der Waals surface area contributed by atoms with Gasteiger partial charge in [0.25, 0.3) is 0 Å². The number of halogens is 1. The van der Waals surface area contributed by atoms with E-state index in [4.69, 9.17) is 5.26 Å². The Kier molecular flexibility index (Phi) is 3.35. The number of carbonyl (C=O) groups is 1. The molecular formula is C12H12FN3O. The molecule has 17 heavy (non-hydrogen) atoms. The molecule has 2 N–H and O–H groups in total. The van der Waals surface area contributed by atoms with E-state index in [2.05, 4.69) is 10.6 Å². The molecule has 0 spiro atoms. The summed E-state index contributed by atoms with van der Waals surface area (Å²) >= 11 is 0. The van der Waals surface area contributed by atoms with Crippen LogP contribution in [-0.4, -0.2) is 24.7 Å². The highest BCUT2D eigenvalue weighted by Crippen LogP contribution is 2.16. The normalized spacial score (nSPS) is 23.1. The van der Waals surface area contributed by atoms with Gasteiger partial charge in [0.15, 0.2) is 0 Å². The van der Waals surface area contributed by atoms with Crippen molar-refractivity contribution in [3.63, 3.8) is 0 Å². The average molecular weight is 233 g/mol. The number of hydrogen-bond donors (Lipinski definition) is 2. The van der Waals surface area contributed by atoms with Gasteiger partial charge in [-0.2, -0.15) is 5.26 Å². The summed E-state index contributed by atoms with van der Waals surface area (Å²) in [6, 6.07) is 8.20. The molecule has 1 aliphatic rings. The fourth-order valence-electron chi connectivity index (χ4n) is 1.80. The number of alkyl halides is 1. The summed E-state index contributed by atoms with van der Waals surface area (Å²) in [5.41, 5.74) is 0.861. The molecule has 1 unspecified atom stereocenters. The van der Waals surface area contributed by atoms with Crippen LogP contribution in [-0.2, 0) is 4.79 Å². The van der Waals surface area contributed by atoms with Gasteiger partial charge in [-0.1, -0.05) is 12.1 Å². The van der Waals surface area contributed by atoms with Crippen LogP contribution in [0, 0.1) is 11.3 Å². The van der Waals surface area contributed by atoms with Gasteiger partial charge in [0.1, 0.15) is 12.2 Å². The number of hydrogen-bond acceptors (Lipinski definition) is 3.